The molecular formula is C31H38BrN3O4S. The van der Waals surface area contributed by atoms with E-state index in [1.807, 2.05) is 88.4 Å². The van der Waals surface area contributed by atoms with Gasteiger partial charge in [-0.05, 0) is 73.7 Å². The number of carbonyl (C=O) groups excluding carboxylic acids is 2. The van der Waals surface area contributed by atoms with Crippen LogP contribution in [0, 0.1) is 13.8 Å². The zero-order valence-corrected chi connectivity index (χ0v) is 26.1. The number of halogens is 1. The third-order valence-electron chi connectivity index (χ3n) is 7.00. The van der Waals surface area contributed by atoms with Crippen LogP contribution < -0.4 is 9.62 Å². The smallest absolute Gasteiger partial charge is 0.244 e. The number of benzene rings is 3. The average Bonchev–Trinajstić information content (AvgIpc) is 2.91. The van der Waals surface area contributed by atoms with Crippen LogP contribution in [-0.4, -0.2) is 50.0 Å². The number of anilines is 1. The van der Waals surface area contributed by atoms with E-state index in [0.29, 0.717) is 5.69 Å². The number of hydrogen-bond acceptors (Lipinski definition) is 4. The molecule has 214 valence electrons. The summed E-state index contributed by atoms with van der Waals surface area (Å²) in [5.41, 5.74) is 4.06. The second kappa shape index (κ2) is 13.9. The van der Waals surface area contributed by atoms with Gasteiger partial charge in [0.2, 0.25) is 21.8 Å². The van der Waals surface area contributed by atoms with Crippen molar-refractivity contribution in [3.63, 3.8) is 0 Å². The second-order valence-electron chi connectivity index (χ2n) is 10.2. The Balaban J connectivity index is 2.06. The van der Waals surface area contributed by atoms with Crippen molar-refractivity contribution in [2.45, 2.75) is 59.2 Å². The Bertz CT molecular complexity index is 1410. The fourth-order valence-electron chi connectivity index (χ4n) is 4.28. The first-order valence-electron chi connectivity index (χ1n) is 13.3. The van der Waals surface area contributed by atoms with Crippen LogP contribution >= 0.6 is 15.9 Å². The monoisotopic (exact) mass is 627 g/mol. The van der Waals surface area contributed by atoms with Gasteiger partial charge < -0.3 is 10.2 Å². The molecule has 0 spiro atoms. The lowest BCUT2D eigenvalue weighted by atomic mass is 10.0. The van der Waals surface area contributed by atoms with Crippen molar-refractivity contribution in [1.29, 1.82) is 0 Å². The highest BCUT2D eigenvalue weighted by atomic mass is 79.9. The minimum Gasteiger partial charge on any atom is -0.352 e. The number of sulfonamides is 1. The van der Waals surface area contributed by atoms with E-state index in [-0.39, 0.29) is 24.9 Å². The van der Waals surface area contributed by atoms with E-state index in [0.717, 1.165) is 43.7 Å². The van der Waals surface area contributed by atoms with Gasteiger partial charge in [-0.1, -0.05) is 71.4 Å². The maximum absolute atomic E-state index is 14.1. The minimum absolute atomic E-state index is 0.0848. The zero-order chi connectivity index (χ0) is 29.4. The van der Waals surface area contributed by atoms with Gasteiger partial charge in [0, 0.05) is 23.5 Å². The number of aryl methyl sites for hydroxylation is 2. The van der Waals surface area contributed by atoms with Crippen molar-refractivity contribution in [2.24, 2.45) is 0 Å². The van der Waals surface area contributed by atoms with E-state index >= 15 is 0 Å². The van der Waals surface area contributed by atoms with Crippen LogP contribution in [-0.2, 0) is 32.6 Å². The lowest BCUT2D eigenvalue weighted by Crippen LogP contribution is -2.54. The maximum atomic E-state index is 14.1. The Morgan fingerprint density at radius 3 is 2.15 bits per heavy atom. The van der Waals surface area contributed by atoms with Gasteiger partial charge in [-0.25, -0.2) is 8.42 Å². The topological polar surface area (TPSA) is 86.8 Å². The van der Waals surface area contributed by atoms with E-state index in [2.05, 4.69) is 21.2 Å². The molecule has 1 N–H and O–H groups in total. The van der Waals surface area contributed by atoms with Crippen molar-refractivity contribution in [1.82, 2.24) is 10.2 Å². The summed E-state index contributed by atoms with van der Waals surface area (Å²) in [6, 6.07) is 21.4. The highest BCUT2D eigenvalue weighted by Gasteiger charge is 2.33. The summed E-state index contributed by atoms with van der Waals surface area (Å²) in [4.78, 5) is 29.3. The van der Waals surface area contributed by atoms with Gasteiger partial charge >= 0.3 is 0 Å². The molecule has 40 heavy (non-hydrogen) atoms. The predicted molar refractivity (Wildman–Crippen MR) is 165 cm³/mol. The molecule has 0 radical (unpaired) electrons. The van der Waals surface area contributed by atoms with Crippen LogP contribution in [0.1, 0.15) is 42.5 Å². The minimum atomic E-state index is -3.80. The third kappa shape index (κ3) is 8.66. The summed E-state index contributed by atoms with van der Waals surface area (Å²) < 4.78 is 27.9. The second-order valence-corrected chi connectivity index (χ2v) is 13.0. The summed E-state index contributed by atoms with van der Waals surface area (Å²) in [5.74, 6) is -0.743. The van der Waals surface area contributed by atoms with E-state index in [1.165, 1.54) is 4.90 Å². The van der Waals surface area contributed by atoms with Crippen molar-refractivity contribution in [3.8, 4) is 0 Å². The SMILES string of the molecule is CC[C@H](C)NC(=O)[C@H](Cc1ccccc1)N(Cc1ccc(Br)cc1)C(=O)CN(c1ccc(C)c(C)c1)S(C)(=O)=O. The molecule has 0 aliphatic rings. The average molecular weight is 629 g/mol. The summed E-state index contributed by atoms with van der Waals surface area (Å²) in [7, 11) is -3.80. The number of rotatable bonds is 12. The first-order chi connectivity index (χ1) is 18.9. The Morgan fingerprint density at radius 2 is 1.57 bits per heavy atom. The van der Waals surface area contributed by atoms with E-state index in [1.54, 1.807) is 12.1 Å². The Hall–Kier alpha value is -3.17. The summed E-state index contributed by atoms with van der Waals surface area (Å²) in [5, 5.41) is 3.04. The molecule has 0 saturated heterocycles. The molecular weight excluding hydrogens is 590 g/mol. The van der Waals surface area contributed by atoms with Gasteiger partial charge in [0.15, 0.2) is 0 Å². The van der Waals surface area contributed by atoms with Gasteiger partial charge in [0.1, 0.15) is 12.6 Å². The standard InChI is InChI=1S/C31H38BrN3O4S/c1-6-24(4)33-31(37)29(19-25-10-8-7-9-11-25)34(20-26-13-15-27(32)16-14-26)30(36)21-35(40(5,38)39)28-17-12-22(2)23(3)18-28/h7-18,24,29H,6,19-21H2,1-5H3,(H,33,37)/t24-,29-/m0/s1. The number of hydrogen-bond donors (Lipinski definition) is 1. The fourth-order valence-corrected chi connectivity index (χ4v) is 5.38. The van der Waals surface area contributed by atoms with Gasteiger partial charge in [-0.3, -0.25) is 13.9 Å². The lowest BCUT2D eigenvalue weighted by Gasteiger charge is -2.34. The Morgan fingerprint density at radius 1 is 0.925 bits per heavy atom. The number of nitrogens with one attached hydrogen (secondary N) is 1. The van der Waals surface area contributed by atoms with Crippen LogP contribution in [0.2, 0.25) is 0 Å². The van der Waals surface area contributed by atoms with Crippen molar-refractivity contribution in [2.75, 3.05) is 17.1 Å². The molecule has 0 bridgehead atoms. The molecule has 3 aromatic rings. The lowest BCUT2D eigenvalue weighted by molar-refractivity contribution is -0.140. The molecule has 3 aromatic carbocycles. The molecule has 0 aliphatic carbocycles. The highest BCUT2D eigenvalue weighted by molar-refractivity contribution is 9.10. The van der Waals surface area contributed by atoms with Crippen LogP contribution in [0.4, 0.5) is 5.69 Å². The molecule has 7 nitrogen and oxygen atoms in total. The summed E-state index contributed by atoms with van der Waals surface area (Å²) >= 11 is 3.45. The highest BCUT2D eigenvalue weighted by Crippen LogP contribution is 2.23. The molecule has 0 saturated carbocycles. The van der Waals surface area contributed by atoms with Gasteiger partial charge in [-0.2, -0.15) is 0 Å². The first kappa shape index (κ1) is 31.4. The molecule has 0 fully saturated rings. The predicted octanol–water partition coefficient (Wildman–Crippen LogP) is 5.39. The number of nitrogens with zero attached hydrogens (tertiary/aromatic N) is 2. The zero-order valence-electron chi connectivity index (χ0n) is 23.7. The van der Waals surface area contributed by atoms with Gasteiger partial charge in [-0.15, -0.1) is 0 Å². The quantitative estimate of drug-likeness (QED) is 0.292. The molecule has 0 unspecified atom stereocenters. The van der Waals surface area contributed by atoms with Gasteiger partial charge in [0.25, 0.3) is 0 Å². The van der Waals surface area contributed by atoms with Crippen LogP contribution in [0.3, 0.4) is 0 Å². The van der Waals surface area contributed by atoms with Crippen LogP contribution in [0.25, 0.3) is 0 Å². The maximum Gasteiger partial charge on any atom is 0.244 e. The summed E-state index contributed by atoms with van der Waals surface area (Å²) in [6.45, 7) is 7.45. The molecule has 0 aromatic heterocycles. The number of amides is 2. The Labute approximate surface area is 246 Å². The summed E-state index contributed by atoms with van der Waals surface area (Å²) in [6.07, 6.45) is 2.11. The largest absolute Gasteiger partial charge is 0.352 e. The van der Waals surface area contributed by atoms with Crippen LogP contribution in [0.5, 0.6) is 0 Å². The third-order valence-corrected chi connectivity index (χ3v) is 8.67. The first-order valence-corrected chi connectivity index (χ1v) is 16.0. The fraction of sp³-hybridized carbons (Fsp3) is 0.355. The van der Waals surface area contributed by atoms with Crippen LogP contribution in [0.15, 0.2) is 77.3 Å². The molecule has 2 amide bonds. The van der Waals surface area contributed by atoms with Gasteiger partial charge in [0.05, 0.1) is 11.9 Å². The van der Waals surface area contributed by atoms with E-state index < -0.39 is 28.5 Å². The molecule has 3 rings (SSSR count). The van der Waals surface area contributed by atoms with E-state index in [4.69, 9.17) is 0 Å². The Kier molecular flexibility index (Phi) is 10.9. The van der Waals surface area contributed by atoms with E-state index in [9.17, 15) is 18.0 Å². The van der Waals surface area contributed by atoms with Crippen molar-refractivity contribution in [3.05, 3.63) is 99.5 Å². The number of carbonyl (C=O) groups is 2. The normalized spacial score (nSPS) is 12.8. The molecule has 2 atom stereocenters. The molecule has 0 heterocycles. The van der Waals surface area contributed by atoms with Crippen molar-refractivity contribution >= 4 is 43.5 Å². The molecule has 0 aliphatic heterocycles. The van der Waals surface area contributed by atoms with Crippen molar-refractivity contribution < 1.29 is 18.0 Å². The molecule has 9 heteroatoms.